The van der Waals surface area contributed by atoms with Crippen molar-refractivity contribution < 1.29 is 32.6 Å². The van der Waals surface area contributed by atoms with E-state index in [1.54, 1.807) is 0 Å². The molecule has 1 aliphatic heterocycles. The number of aliphatic carboxylic acids is 1. The molecule has 0 aromatic heterocycles. The lowest BCUT2D eigenvalue weighted by Gasteiger charge is -2.32. The molecular formula is C14H14F3NO4S. The first-order valence-electron chi connectivity index (χ1n) is 6.73. The Morgan fingerprint density at radius 3 is 2.52 bits per heavy atom. The molecule has 1 aliphatic rings. The Morgan fingerprint density at radius 2 is 1.96 bits per heavy atom. The summed E-state index contributed by atoms with van der Waals surface area (Å²) in [5.41, 5.74) is -4.12. The molecule has 1 unspecified atom stereocenters. The number of halogens is 3. The van der Waals surface area contributed by atoms with Crippen LogP contribution in [0.2, 0.25) is 0 Å². The number of alkyl halides is 3. The van der Waals surface area contributed by atoms with Crippen LogP contribution >= 0.6 is 11.8 Å². The largest absolute Gasteiger partial charge is 0.481 e. The van der Waals surface area contributed by atoms with Gasteiger partial charge in [-0.2, -0.15) is 13.2 Å². The van der Waals surface area contributed by atoms with Gasteiger partial charge in [0.25, 0.3) is 5.91 Å². The average molecular weight is 349 g/mol. The Labute approximate surface area is 134 Å². The Hall–Kier alpha value is -1.74. The number of rotatable bonds is 4. The Kier molecular flexibility index (Phi) is 5.53. The summed E-state index contributed by atoms with van der Waals surface area (Å²) < 4.78 is 42.1. The minimum atomic E-state index is -4.38. The van der Waals surface area contributed by atoms with Crippen LogP contribution in [0.4, 0.5) is 13.2 Å². The molecule has 0 bridgehead atoms. The van der Waals surface area contributed by atoms with Crippen LogP contribution in [0.15, 0.2) is 29.2 Å². The van der Waals surface area contributed by atoms with Crippen LogP contribution in [0.5, 0.6) is 0 Å². The summed E-state index contributed by atoms with van der Waals surface area (Å²) in [5.74, 6) is -1.37. The van der Waals surface area contributed by atoms with E-state index in [0.29, 0.717) is 6.54 Å². The van der Waals surface area contributed by atoms with Crippen molar-refractivity contribution in [2.75, 3.05) is 19.7 Å². The van der Waals surface area contributed by atoms with Crippen molar-refractivity contribution >= 4 is 23.6 Å². The second kappa shape index (κ2) is 7.22. The normalized spacial score (nSPS) is 18.7. The lowest BCUT2D eigenvalue weighted by atomic mass is 10.1. The van der Waals surface area contributed by atoms with Gasteiger partial charge >= 0.3 is 11.5 Å². The van der Waals surface area contributed by atoms with E-state index in [0.717, 1.165) is 0 Å². The first kappa shape index (κ1) is 17.6. The van der Waals surface area contributed by atoms with E-state index in [1.807, 2.05) is 0 Å². The number of carbonyl (C=O) groups excluding carboxylic acids is 1. The van der Waals surface area contributed by atoms with E-state index >= 15 is 0 Å². The molecule has 2 rings (SSSR count). The van der Waals surface area contributed by atoms with E-state index < -0.39 is 17.6 Å². The number of nitrogens with zero attached hydrogens (tertiary/aromatic N) is 1. The minimum Gasteiger partial charge on any atom is -0.481 e. The van der Waals surface area contributed by atoms with Crippen molar-refractivity contribution in [2.24, 2.45) is 0 Å². The summed E-state index contributed by atoms with van der Waals surface area (Å²) in [6, 6.07) is 5.14. The zero-order valence-electron chi connectivity index (χ0n) is 11.9. The van der Waals surface area contributed by atoms with E-state index in [2.05, 4.69) is 0 Å². The SMILES string of the molecule is O=C(O)CC1CN(C(=O)c2ccc(SC(F)(F)F)cc2)CCO1. The van der Waals surface area contributed by atoms with Crippen LogP contribution in [0, 0.1) is 0 Å². The lowest BCUT2D eigenvalue weighted by Crippen LogP contribution is -2.46. The van der Waals surface area contributed by atoms with Crippen LogP contribution in [0.3, 0.4) is 0 Å². The molecule has 1 saturated heterocycles. The van der Waals surface area contributed by atoms with Gasteiger partial charge in [-0.05, 0) is 36.0 Å². The zero-order valence-corrected chi connectivity index (χ0v) is 12.7. The standard InChI is InChI=1S/C14H14F3NO4S/c15-14(16,17)23-11-3-1-9(2-4-11)13(21)18-5-6-22-10(8-18)7-12(19)20/h1-4,10H,5-8H2,(H,19,20). The van der Waals surface area contributed by atoms with Gasteiger partial charge < -0.3 is 14.7 Å². The van der Waals surface area contributed by atoms with E-state index in [4.69, 9.17) is 9.84 Å². The third-order valence-electron chi connectivity index (χ3n) is 3.16. The summed E-state index contributed by atoms with van der Waals surface area (Å²) >= 11 is -0.246. The van der Waals surface area contributed by atoms with Gasteiger partial charge in [-0.3, -0.25) is 9.59 Å². The molecule has 1 atom stereocenters. The summed E-state index contributed by atoms with van der Waals surface area (Å²) in [5, 5.41) is 8.75. The Bertz CT molecular complexity index is 576. The third kappa shape index (κ3) is 5.43. The summed E-state index contributed by atoms with van der Waals surface area (Å²) in [6.07, 6.45) is -0.782. The summed E-state index contributed by atoms with van der Waals surface area (Å²) in [7, 11) is 0. The molecule has 1 aromatic rings. The highest BCUT2D eigenvalue weighted by Crippen LogP contribution is 2.36. The monoisotopic (exact) mass is 349 g/mol. The molecule has 1 heterocycles. The van der Waals surface area contributed by atoms with Gasteiger partial charge in [-0.1, -0.05) is 0 Å². The molecule has 1 amide bonds. The van der Waals surface area contributed by atoms with Gasteiger partial charge in [0.2, 0.25) is 0 Å². The quantitative estimate of drug-likeness (QED) is 0.847. The number of carboxylic acids is 1. The molecule has 0 radical (unpaired) electrons. The van der Waals surface area contributed by atoms with Crippen molar-refractivity contribution in [1.82, 2.24) is 4.90 Å². The second-order valence-corrected chi connectivity index (χ2v) is 6.05. The summed E-state index contributed by atoms with van der Waals surface area (Å²) in [6.45, 7) is 0.684. The van der Waals surface area contributed by atoms with Gasteiger partial charge in [0.05, 0.1) is 19.1 Å². The fraction of sp³-hybridized carbons (Fsp3) is 0.429. The maximum atomic E-state index is 12.3. The molecule has 1 fully saturated rings. The van der Waals surface area contributed by atoms with Crippen LogP contribution in [-0.4, -0.2) is 53.2 Å². The smallest absolute Gasteiger partial charge is 0.446 e. The van der Waals surface area contributed by atoms with Gasteiger partial charge in [0.15, 0.2) is 0 Å². The van der Waals surface area contributed by atoms with Crippen LogP contribution in [0.1, 0.15) is 16.8 Å². The maximum Gasteiger partial charge on any atom is 0.446 e. The van der Waals surface area contributed by atoms with Crippen LogP contribution in [0.25, 0.3) is 0 Å². The zero-order chi connectivity index (χ0) is 17.0. The molecule has 0 spiro atoms. The molecule has 1 N–H and O–H groups in total. The van der Waals surface area contributed by atoms with Gasteiger partial charge in [0.1, 0.15) is 0 Å². The van der Waals surface area contributed by atoms with Crippen molar-refractivity contribution in [3.63, 3.8) is 0 Å². The topological polar surface area (TPSA) is 66.8 Å². The number of carboxylic acid groups (broad SMARTS) is 1. The number of thioether (sulfide) groups is 1. The number of amides is 1. The molecule has 0 aliphatic carbocycles. The van der Waals surface area contributed by atoms with E-state index in [9.17, 15) is 22.8 Å². The predicted octanol–water partition coefficient (Wildman–Crippen LogP) is 2.61. The molecule has 1 aromatic carbocycles. The molecule has 0 saturated carbocycles. The molecule has 126 valence electrons. The van der Waals surface area contributed by atoms with Gasteiger partial charge in [0, 0.05) is 23.5 Å². The fourth-order valence-corrected chi connectivity index (χ4v) is 2.74. The van der Waals surface area contributed by atoms with E-state index in [1.165, 1.54) is 29.2 Å². The number of hydrogen-bond acceptors (Lipinski definition) is 4. The highest BCUT2D eigenvalue weighted by atomic mass is 32.2. The minimum absolute atomic E-state index is 0.000203. The van der Waals surface area contributed by atoms with E-state index in [-0.39, 0.29) is 47.7 Å². The number of ether oxygens (including phenoxy) is 1. The molecule has 5 nitrogen and oxygen atoms in total. The molecule has 9 heteroatoms. The third-order valence-corrected chi connectivity index (χ3v) is 3.90. The molecule has 23 heavy (non-hydrogen) atoms. The van der Waals surface area contributed by atoms with Crippen molar-refractivity contribution in [3.8, 4) is 0 Å². The fourth-order valence-electron chi connectivity index (χ4n) is 2.20. The van der Waals surface area contributed by atoms with Crippen molar-refractivity contribution in [2.45, 2.75) is 22.9 Å². The molecular weight excluding hydrogens is 335 g/mol. The van der Waals surface area contributed by atoms with Gasteiger partial charge in [-0.25, -0.2) is 0 Å². The Morgan fingerprint density at radius 1 is 1.30 bits per heavy atom. The number of carbonyl (C=O) groups is 2. The highest BCUT2D eigenvalue weighted by Gasteiger charge is 2.30. The average Bonchev–Trinajstić information content (AvgIpc) is 2.45. The van der Waals surface area contributed by atoms with Crippen LogP contribution in [-0.2, 0) is 9.53 Å². The highest BCUT2D eigenvalue weighted by molar-refractivity contribution is 8.00. The first-order valence-corrected chi connectivity index (χ1v) is 7.55. The van der Waals surface area contributed by atoms with Gasteiger partial charge in [-0.15, -0.1) is 0 Å². The number of hydrogen-bond donors (Lipinski definition) is 1. The van der Waals surface area contributed by atoms with Crippen LogP contribution < -0.4 is 0 Å². The first-order chi connectivity index (χ1) is 10.7. The lowest BCUT2D eigenvalue weighted by molar-refractivity contribution is -0.141. The van der Waals surface area contributed by atoms with Crippen molar-refractivity contribution in [1.29, 1.82) is 0 Å². The predicted molar refractivity (Wildman–Crippen MR) is 76.3 cm³/mol. The second-order valence-electron chi connectivity index (χ2n) is 4.91. The number of morpholine rings is 1. The maximum absolute atomic E-state index is 12.3. The summed E-state index contributed by atoms with van der Waals surface area (Å²) in [4.78, 5) is 24.5. The number of benzene rings is 1. The Balaban J connectivity index is 2.00. The van der Waals surface area contributed by atoms with Crippen molar-refractivity contribution in [3.05, 3.63) is 29.8 Å².